The van der Waals surface area contributed by atoms with Crippen molar-refractivity contribution in [3.63, 3.8) is 0 Å². The first-order valence-corrected chi connectivity index (χ1v) is 4.98. The number of halogens is 1. The van der Waals surface area contributed by atoms with Gasteiger partial charge >= 0.3 is 0 Å². The van der Waals surface area contributed by atoms with E-state index in [1.807, 2.05) is 19.1 Å². The lowest BCUT2D eigenvalue weighted by atomic mass is 10.3. The SMILES string of the molecule is CCOCCNc1ccc(N)cc1Cl. The first-order valence-electron chi connectivity index (χ1n) is 4.60. The zero-order valence-electron chi connectivity index (χ0n) is 8.22. The summed E-state index contributed by atoms with van der Waals surface area (Å²) in [4.78, 5) is 0. The van der Waals surface area contributed by atoms with Crippen molar-refractivity contribution in [3.05, 3.63) is 23.2 Å². The minimum absolute atomic E-state index is 0.640. The molecule has 0 saturated heterocycles. The third-order valence-electron chi connectivity index (χ3n) is 1.76. The number of hydrogen-bond acceptors (Lipinski definition) is 3. The number of ether oxygens (including phenoxy) is 1. The average Bonchev–Trinajstić information content (AvgIpc) is 2.15. The lowest BCUT2D eigenvalue weighted by Gasteiger charge is -2.08. The van der Waals surface area contributed by atoms with Gasteiger partial charge in [-0.3, -0.25) is 0 Å². The maximum absolute atomic E-state index is 5.96. The normalized spacial score (nSPS) is 10.1. The van der Waals surface area contributed by atoms with Gasteiger partial charge in [0.1, 0.15) is 0 Å². The van der Waals surface area contributed by atoms with Crippen molar-refractivity contribution < 1.29 is 4.74 Å². The van der Waals surface area contributed by atoms with Gasteiger partial charge in [-0.05, 0) is 25.1 Å². The Morgan fingerprint density at radius 2 is 2.29 bits per heavy atom. The molecule has 78 valence electrons. The molecule has 0 aliphatic heterocycles. The summed E-state index contributed by atoms with van der Waals surface area (Å²) >= 11 is 5.96. The van der Waals surface area contributed by atoms with Crippen molar-refractivity contribution in [2.75, 3.05) is 30.8 Å². The van der Waals surface area contributed by atoms with Crippen LogP contribution in [0.4, 0.5) is 11.4 Å². The Hall–Kier alpha value is -0.930. The molecule has 0 fully saturated rings. The highest BCUT2D eigenvalue weighted by molar-refractivity contribution is 6.33. The molecule has 0 unspecified atom stereocenters. The molecule has 14 heavy (non-hydrogen) atoms. The first kappa shape index (κ1) is 11.1. The minimum atomic E-state index is 0.640. The molecule has 0 amide bonds. The number of anilines is 2. The smallest absolute Gasteiger partial charge is 0.0657 e. The van der Waals surface area contributed by atoms with E-state index >= 15 is 0 Å². The second-order valence-electron chi connectivity index (χ2n) is 2.86. The molecule has 0 aromatic heterocycles. The number of nitrogens with one attached hydrogen (secondary N) is 1. The molecule has 0 radical (unpaired) electrons. The third kappa shape index (κ3) is 3.44. The molecule has 1 aromatic rings. The number of hydrogen-bond donors (Lipinski definition) is 2. The van der Waals surface area contributed by atoms with E-state index < -0.39 is 0 Å². The van der Waals surface area contributed by atoms with Crippen molar-refractivity contribution in [1.82, 2.24) is 0 Å². The standard InChI is InChI=1S/C10H15ClN2O/c1-2-14-6-5-13-10-4-3-8(12)7-9(10)11/h3-4,7,13H,2,5-6,12H2,1H3. The second-order valence-corrected chi connectivity index (χ2v) is 3.27. The molecule has 0 atom stereocenters. The summed E-state index contributed by atoms with van der Waals surface area (Å²) in [5, 5.41) is 3.80. The van der Waals surface area contributed by atoms with Crippen LogP contribution in [0.25, 0.3) is 0 Å². The van der Waals surface area contributed by atoms with Crippen LogP contribution in [0.5, 0.6) is 0 Å². The molecule has 4 heteroatoms. The Bertz CT molecular complexity index is 291. The second kappa shape index (κ2) is 5.73. The molecule has 0 spiro atoms. The van der Waals surface area contributed by atoms with Crippen LogP contribution in [0, 0.1) is 0 Å². The van der Waals surface area contributed by atoms with Crippen LogP contribution in [-0.4, -0.2) is 19.8 Å². The molecule has 1 aromatic carbocycles. The van der Waals surface area contributed by atoms with Crippen LogP contribution >= 0.6 is 11.6 Å². The van der Waals surface area contributed by atoms with Gasteiger partial charge < -0.3 is 15.8 Å². The van der Waals surface area contributed by atoms with Gasteiger partial charge in [0, 0.05) is 18.8 Å². The average molecular weight is 215 g/mol. The Morgan fingerprint density at radius 1 is 1.50 bits per heavy atom. The molecule has 0 saturated carbocycles. The summed E-state index contributed by atoms with van der Waals surface area (Å²) in [7, 11) is 0. The van der Waals surface area contributed by atoms with E-state index in [1.54, 1.807) is 6.07 Å². The fraction of sp³-hybridized carbons (Fsp3) is 0.400. The van der Waals surface area contributed by atoms with Gasteiger partial charge in [-0.25, -0.2) is 0 Å². The lowest BCUT2D eigenvalue weighted by molar-refractivity contribution is 0.158. The summed E-state index contributed by atoms with van der Waals surface area (Å²) in [5.74, 6) is 0. The molecule has 3 nitrogen and oxygen atoms in total. The number of benzene rings is 1. The van der Waals surface area contributed by atoms with E-state index in [2.05, 4.69) is 5.32 Å². The highest BCUT2D eigenvalue weighted by Gasteiger charge is 1.98. The summed E-state index contributed by atoms with van der Waals surface area (Å²) in [6, 6.07) is 5.41. The predicted octanol–water partition coefficient (Wildman–Crippen LogP) is 2.37. The Labute approximate surface area is 89.2 Å². The summed E-state index contributed by atoms with van der Waals surface area (Å²) in [6.45, 7) is 4.13. The van der Waals surface area contributed by atoms with Gasteiger partial charge in [0.05, 0.1) is 17.3 Å². The van der Waals surface area contributed by atoms with Crippen LogP contribution in [0.1, 0.15) is 6.92 Å². The van der Waals surface area contributed by atoms with Gasteiger partial charge in [0.25, 0.3) is 0 Å². The van der Waals surface area contributed by atoms with Crippen LogP contribution in [0.2, 0.25) is 5.02 Å². The van der Waals surface area contributed by atoms with Gasteiger partial charge in [0.15, 0.2) is 0 Å². The highest BCUT2D eigenvalue weighted by Crippen LogP contribution is 2.23. The Kier molecular flexibility index (Phi) is 4.56. The van der Waals surface area contributed by atoms with Crippen LogP contribution in [0.3, 0.4) is 0 Å². The van der Waals surface area contributed by atoms with Gasteiger partial charge in [0.2, 0.25) is 0 Å². The zero-order chi connectivity index (χ0) is 10.4. The van der Waals surface area contributed by atoms with Crippen LogP contribution < -0.4 is 11.1 Å². The highest BCUT2D eigenvalue weighted by atomic mass is 35.5. The fourth-order valence-electron chi connectivity index (χ4n) is 1.08. The lowest BCUT2D eigenvalue weighted by Crippen LogP contribution is -2.09. The van der Waals surface area contributed by atoms with Crippen molar-refractivity contribution in [1.29, 1.82) is 0 Å². The maximum Gasteiger partial charge on any atom is 0.0657 e. The number of rotatable bonds is 5. The molecule has 1 rings (SSSR count). The third-order valence-corrected chi connectivity index (χ3v) is 2.07. The molecule has 0 aliphatic carbocycles. The maximum atomic E-state index is 5.96. The van der Waals surface area contributed by atoms with Crippen LogP contribution in [0.15, 0.2) is 18.2 Å². The van der Waals surface area contributed by atoms with Gasteiger partial charge in [-0.15, -0.1) is 0 Å². The molecule has 0 bridgehead atoms. The quantitative estimate of drug-likeness (QED) is 0.585. The first-order chi connectivity index (χ1) is 6.74. The van der Waals surface area contributed by atoms with Crippen molar-refractivity contribution >= 4 is 23.0 Å². The summed E-state index contributed by atoms with van der Waals surface area (Å²) < 4.78 is 5.19. The van der Waals surface area contributed by atoms with E-state index in [1.165, 1.54) is 0 Å². The number of nitrogen functional groups attached to an aromatic ring is 1. The van der Waals surface area contributed by atoms with E-state index in [4.69, 9.17) is 22.1 Å². The number of nitrogens with two attached hydrogens (primary N) is 1. The zero-order valence-corrected chi connectivity index (χ0v) is 8.97. The van der Waals surface area contributed by atoms with Gasteiger partial charge in [-0.2, -0.15) is 0 Å². The molecule has 0 heterocycles. The van der Waals surface area contributed by atoms with E-state index in [9.17, 15) is 0 Å². The predicted molar refractivity (Wildman–Crippen MR) is 60.8 cm³/mol. The Balaban J connectivity index is 2.42. The summed E-state index contributed by atoms with van der Waals surface area (Å²) in [5.41, 5.74) is 7.13. The minimum Gasteiger partial charge on any atom is -0.399 e. The monoisotopic (exact) mass is 214 g/mol. The van der Waals surface area contributed by atoms with E-state index in [-0.39, 0.29) is 0 Å². The van der Waals surface area contributed by atoms with Crippen LogP contribution in [-0.2, 0) is 4.74 Å². The Morgan fingerprint density at radius 3 is 2.93 bits per heavy atom. The molecular formula is C10H15ClN2O. The molecule has 0 aliphatic rings. The molecule has 3 N–H and O–H groups in total. The van der Waals surface area contributed by atoms with E-state index in [0.29, 0.717) is 17.3 Å². The van der Waals surface area contributed by atoms with Crippen molar-refractivity contribution in [2.24, 2.45) is 0 Å². The van der Waals surface area contributed by atoms with Crippen molar-refractivity contribution in [2.45, 2.75) is 6.92 Å². The fourth-order valence-corrected chi connectivity index (χ4v) is 1.33. The van der Waals surface area contributed by atoms with E-state index in [0.717, 1.165) is 18.8 Å². The summed E-state index contributed by atoms with van der Waals surface area (Å²) in [6.07, 6.45) is 0. The van der Waals surface area contributed by atoms with Crippen molar-refractivity contribution in [3.8, 4) is 0 Å². The van der Waals surface area contributed by atoms with Gasteiger partial charge in [-0.1, -0.05) is 11.6 Å². The molecular weight excluding hydrogens is 200 g/mol. The largest absolute Gasteiger partial charge is 0.399 e. The topological polar surface area (TPSA) is 47.3 Å².